The fraction of sp³-hybridized carbons (Fsp3) is 0.0909. The predicted octanol–water partition coefficient (Wildman–Crippen LogP) is 3.75. The highest BCUT2D eigenvalue weighted by Crippen LogP contribution is 2.27. The SMILES string of the molecule is CNc1cc2ccn(-c3ccc(NC(=O)NS(=O)(=O)c4ccc(OC)s4)cc3)c(=O)c2cc1F. The quantitative estimate of drug-likeness (QED) is 0.370. The lowest BCUT2D eigenvalue weighted by Gasteiger charge is -2.11. The van der Waals surface area contributed by atoms with Crippen molar-refractivity contribution >= 4 is 49.5 Å². The Morgan fingerprint density at radius 2 is 1.82 bits per heavy atom. The second-order valence-corrected chi connectivity index (χ2v) is 10.00. The Labute approximate surface area is 197 Å². The summed E-state index contributed by atoms with van der Waals surface area (Å²) in [6, 6.07) is 12.5. The number of amides is 2. The van der Waals surface area contributed by atoms with E-state index < -0.39 is 27.4 Å². The lowest BCUT2D eigenvalue weighted by Crippen LogP contribution is -2.33. The number of hydrogen-bond donors (Lipinski definition) is 3. The van der Waals surface area contributed by atoms with E-state index in [1.807, 2.05) is 4.72 Å². The van der Waals surface area contributed by atoms with E-state index in [1.165, 1.54) is 42.0 Å². The second kappa shape index (κ2) is 9.15. The van der Waals surface area contributed by atoms with Crippen molar-refractivity contribution in [1.29, 1.82) is 0 Å². The first-order chi connectivity index (χ1) is 16.2. The molecule has 2 aromatic heterocycles. The molecular weight excluding hydrogens is 483 g/mol. The van der Waals surface area contributed by atoms with Gasteiger partial charge >= 0.3 is 6.03 Å². The molecular formula is C22H19FN4O5S2. The van der Waals surface area contributed by atoms with Crippen molar-refractivity contribution in [3.63, 3.8) is 0 Å². The van der Waals surface area contributed by atoms with E-state index in [4.69, 9.17) is 4.74 Å². The van der Waals surface area contributed by atoms with Gasteiger partial charge in [0.25, 0.3) is 15.6 Å². The molecule has 2 aromatic carbocycles. The van der Waals surface area contributed by atoms with Gasteiger partial charge in [-0.05, 0) is 60.0 Å². The molecule has 4 aromatic rings. The Kier molecular flexibility index (Phi) is 6.26. The number of urea groups is 1. The van der Waals surface area contributed by atoms with E-state index in [0.717, 1.165) is 11.3 Å². The van der Waals surface area contributed by atoms with Crippen LogP contribution >= 0.6 is 11.3 Å². The number of ether oxygens (including phenoxy) is 1. The molecule has 0 atom stereocenters. The van der Waals surface area contributed by atoms with Gasteiger partial charge in [0.15, 0.2) is 5.06 Å². The number of anilines is 2. The van der Waals surface area contributed by atoms with Gasteiger partial charge in [0.05, 0.1) is 18.2 Å². The van der Waals surface area contributed by atoms with Crippen molar-refractivity contribution in [2.45, 2.75) is 4.21 Å². The summed E-state index contributed by atoms with van der Waals surface area (Å²) in [5, 5.41) is 6.37. The van der Waals surface area contributed by atoms with Gasteiger partial charge in [-0.25, -0.2) is 22.3 Å². The summed E-state index contributed by atoms with van der Waals surface area (Å²) in [6.45, 7) is 0. The number of aromatic nitrogens is 1. The Morgan fingerprint density at radius 3 is 2.47 bits per heavy atom. The lowest BCUT2D eigenvalue weighted by atomic mass is 10.1. The number of carbonyl (C=O) groups is 1. The van der Waals surface area contributed by atoms with Crippen LogP contribution in [-0.2, 0) is 10.0 Å². The van der Waals surface area contributed by atoms with Crippen molar-refractivity contribution in [2.24, 2.45) is 0 Å². The number of benzene rings is 2. The first kappa shape index (κ1) is 23.3. The molecule has 4 rings (SSSR count). The molecule has 0 unspecified atom stereocenters. The van der Waals surface area contributed by atoms with E-state index >= 15 is 0 Å². The molecule has 9 nitrogen and oxygen atoms in total. The molecule has 0 spiro atoms. The summed E-state index contributed by atoms with van der Waals surface area (Å²) in [7, 11) is -1.05. The monoisotopic (exact) mass is 502 g/mol. The van der Waals surface area contributed by atoms with Crippen molar-refractivity contribution in [3.8, 4) is 10.8 Å². The molecule has 0 aliphatic heterocycles. The molecule has 0 aliphatic carbocycles. The maximum absolute atomic E-state index is 14.1. The largest absolute Gasteiger partial charge is 0.487 e. The van der Waals surface area contributed by atoms with Gasteiger partial charge in [0.2, 0.25) is 0 Å². The first-order valence-electron chi connectivity index (χ1n) is 9.82. The van der Waals surface area contributed by atoms with E-state index in [9.17, 15) is 22.4 Å². The Hall–Kier alpha value is -3.90. The molecule has 3 N–H and O–H groups in total. The van der Waals surface area contributed by atoms with Crippen molar-refractivity contribution in [3.05, 3.63) is 77.0 Å². The third kappa shape index (κ3) is 4.58. The van der Waals surface area contributed by atoms with Crippen LogP contribution in [0.1, 0.15) is 0 Å². The van der Waals surface area contributed by atoms with Crippen LogP contribution in [0, 0.1) is 5.82 Å². The van der Waals surface area contributed by atoms with Crippen LogP contribution in [0.5, 0.6) is 5.06 Å². The fourth-order valence-corrected chi connectivity index (χ4v) is 5.26. The van der Waals surface area contributed by atoms with Crippen LogP contribution in [0.25, 0.3) is 16.5 Å². The summed E-state index contributed by atoms with van der Waals surface area (Å²) in [5.41, 5.74) is 0.668. The zero-order chi connectivity index (χ0) is 24.5. The summed E-state index contributed by atoms with van der Waals surface area (Å²) in [4.78, 5) is 25.1. The minimum atomic E-state index is -4.06. The summed E-state index contributed by atoms with van der Waals surface area (Å²) < 4.78 is 47.0. The van der Waals surface area contributed by atoms with Crippen molar-refractivity contribution in [2.75, 3.05) is 24.8 Å². The van der Waals surface area contributed by atoms with Gasteiger partial charge in [-0.1, -0.05) is 11.3 Å². The van der Waals surface area contributed by atoms with Gasteiger partial charge in [-0.15, -0.1) is 0 Å². The number of hydrogen-bond acceptors (Lipinski definition) is 7. The maximum atomic E-state index is 14.1. The number of thiophene rings is 1. The highest BCUT2D eigenvalue weighted by molar-refractivity contribution is 7.92. The van der Waals surface area contributed by atoms with Gasteiger partial charge in [-0.3, -0.25) is 9.36 Å². The number of rotatable bonds is 6. The van der Waals surface area contributed by atoms with E-state index in [0.29, 0.717) is 27.5 Å². The number of halogens is 1. The average molecular weight is 503 g/mol. The molecule has 0 saturated carbocycles. The zero-order valence-corrected chi connectivity index (χ0v) is 19.6. The van der Waals surface area contributed by atoms with Gasteiger partial charge in [-0.2, -0.15) is 0 Å². The highest BCUT2D eigenvalue weighted by atomic mass is 32.2. The summed E-state index contributed by atoms with van der Waals surface area (Å²) >= 11 is 0.881. The van der Waals surface area contributed by atoms with E-state index in [1.54, 1.807) is 37.5 Å². The van der Waals surface area contributed by atoms with Crippen LogP contribution in [0.2, 0.25) is 0 Å². The van der Waals surface area contributed by atoms with Crippen LogP contribution in [0.3, 0.4) is 0 Å². The van der Waals surface area contributed by atoms with Crippen LogP contribution in [0.15, 0.2) is 69.8 Å². The molecule has 0 radical (unpaired) electrons. The van der Waals surface area contributed by atoms with Crippen molar-refractivity contribution in [1.82, 2.24) is 9.29 Å². The number of nitrogens with zero attached hydrogens (tertiary/aromatic N) is 1. The number of methoxy groups -OCH3 is 1. The molecule has 34 heavy (non-hydrogen) atoms. The Bertz CT molecular complexity index is 1550. The summed E-state index contributed by atoms with van der Waals surface area (Å²) in [5.74, 6) is -0.536. The fourth-order valence-electron chi connectivity index (χ4n) is 3.25. The number of carbonyl (C=O) groups excluding carboxylic acids is 1. The molecule has 2 heterocycles. The molecule has 2 amide bonds. The van der Waals surface area contributed by atoms with Crippen molar-refractivity contribution < 1.29 is 22.3 Å². The smallest absolute Gasteiger partial charge is 0.333 e. The molecule has 0 fully saturated rings. The van der Waals surface area contributed by atoms with Crippen LogP contribution < -0.4 is 25.7 Å². The second-order valence-electron chi connectivity index (χ2n) is 7.04. The van der Waals surface area contributed by atoms with E-state index in [-0.39, 0.29) is 9.60 Å². The Morgan fingerprint density at radius 1 is 1.09 bits per heavy atom. The Balaban J connectivity index is 1.52. The minimum absolute atomic E-state index is 0.0659. The normalized spacial score (nSPS) is 11.3. The number of fused-ring (bicyclic) bond motifs is 1. The minimum Gasteiger partial charge on any atom is -0.487 e. The first-order valence-corrected chi connectivity index (χ1v) is 12.1. The average Bonchev–Trinajstić information content (AvgIpc) is 3.30. The molecule has 0 aliphatic rings. The zero-order valence-electron chi connectivity index (χ0n) is 18.0. The number of sulfonamides is 1. The van der Waals surface area contributed by atoms with Gasteiger partial charge in [0, 0.05) is 24.6 Å². The number of nitrogens with one attached hydrogen (secondary N) is 3. The van der Waals surface area contributed by atoms with Crippen LogP contribution in [0.4, 0.5) is 20.6 Å². The molecule has 12 heteroatoms. The van der Waals surface area contributed by atoms with Crippen LogP contribution in [-0.4, -0.2) is 33.2 Å². The molecule has 0 saturated heterocycles. The summed E-state index contributed by atoms with van der Waals surface area (Å²) in [6.07, 6.45) is 1.57. The molecule has 0 bridgehead atoms. The predicted molar refractivity (Wildman–Crippen MR) is 129 cm³/mol. The number of pyridine rings is 1. The molecule has 176 valence electrons. The van der Waals surface area contributed by atoms with Gasteiger partial charge < -0.3 is 15.4 Å². The lowest BCUT2D eigenvalue weighted by molar-refractivity contribution is 0.256. The third-order valence-electron chi connectivity index (χ3n) is 4.91. The topological polar surface area (TPSA) is 119 Å². The standard InChI is InChI=1S/C22H19FN4O5S2/c1-24-18-11-13-9-10-27(21(28)16(13)12-17(18)23)15-5-3-14(4-6-15)25-22(29)26-34(30,31)20-8-7-19(32-2)33-20/h3-12,24H,1-2H3,(H2,25,26,29). The third-order valence-corrected chi connectivity index (χ3v) is 7.78. The maximum Gasteiger partial charge on any atom is 0.333 e. The van der Waals surface area contributed by atoms with Gasteiger partial charge in [0.1, 0.15) is 10.0 Å². The highest BCUT2D eigenvalue weighted by Gasteiger charge is 2.20. The van der Waals surface area contributed by atoms with E-state index in [2.05, 4.69) is 10.6 Å².